The second-order valence-corrected chi connectivity index (χ2v) is 7.17. The Morgan fingerprint density at radius 3 is 2.35 bits per heavy atom. The zero-order chi connectivity index (χ0) is 17.0. The summed E-state index contributed by atoms with van der Waals surface area (Å²) in [5.41, 5.74) is 2.31. The maximum Gasteiger partial charge on any atom is 0.264 e. The molecule has 0 aliphatic carbocycles. The normalized spacial score (nSPS) is 10.9. The first-order chi connectivity index (χ1) is 10.9. The maximum absolute atomic E-state index is 12.8. The molecule has 0 unspecified atom stereocenters. The van der Waals surface area contributed by atoms with Crippen molar-refractivity contribution in [3.05, 3.63) is 53.6 Å². The number of ether oxygens (including phenoxy) is 1. The lowest BCUT2D eigenvalue weighted by atomic mass is 10.2. The molecule has 0 bridgehead atoms. The third-order valence-corrected chi connectivity index (χ3v) is 5.44. The number of sulfonamides is 1. The van der Waals surface area contributed by atoms with Crippen LogP contribution in [0.1, 0.15) is 11.1 Å². The highest BCUT2D eigenvalue weighted by Gasteiger charge is 2.23. The van der Waals surface area contributed by atoms with Crippen LogP contribution in [0.25, 0.3) is 0 Å². The summed E-state index contributed by atoms with van der Waals surface area (Å²) >= 11 is 0. The lowest BCUT2D eigenvalue weighted by molar-refractivity contribution is 0.370. The molecule has 0 atom stereocenters. The van der Waals surface area contributed by atoms with E-state index in [0.29, 0.717) is 16.3 Å². The van der Waals surface area contributed by atoms with Crippen LogP contribution in [-0.4, -0.2) is 22.1 Å². The summed E-state index contributed by atoms with van der Waals surface area (Å²) in [6.45, 7) is 3.91. The molecule has 0 aliphatic heterocycles. The largest absolute Gasteiger partial charge is 0.481 e. The summed E-state index contributed by atoms with van der Waals surface area (Å²) in [7, 11) is -2.08. The van der Waals surface area contributed by atoms with Gasteiger partial charge < -0.3 is 4.74 Å². The summed E-state index contributed by atoms with van der Waals surface area (Å²) in [6, 6.07) is 12.1. The lowest BCUT2D eigenvalue weighted by Gasteiger charge is -2.21. The molecule has 5 heteroatoms. The fourth-order valence-corrected chi connectivity index (χ4v) is 3.65. The minimum atomic E-state index is -3.61. The van der Waals surface area contributed by atoms with E-state index in [0.717, 1.165) is 11.1 Å². The van der Waals surface area contributed by atoms with Gasteiger partial charge in [0, 0.05) is 7.05 Å². The van der Waals surface area contributed by atoms with E-state index >= 15 is 0 Å². The van der Waals surface area contributed by atoms with E-state index in [2.05, 4.69) is 5.92 Å². The average Bonchev–Trinajstić information content (AvgIpc) is 2.52. The quantitative estimate of drug-likeness (QED) is 0.792. The number of nitrogens with zero attached hydrogens (tertiary/aromatic N) is 1. The number of benzene rings is 2. The highest BCUT2D eigenvalue weighted by Crippen LogP contribution is 2.26. The number of terminal acetylenes is 1. The van der Waals surface area contributed by atoms with Gasteiger partial charge in [-0.25, -0.2) is 8.42 Å². The fourth-order valence-electron chi connectivity index (χ4n) is 2.25. The van der Waals surface area contributed by atoms with E-state index < -0.39 is 10.0 Å². The minimum Gasteiger partial charge on any atom is -0.481 e. The van der Waals surface area contributed by atoms with E-state index in [4.69, 9.17) is 11.2 Å². The number of aryl methyl sites for hydroxylation is 2. The van der Waals surface area contributed by atoms with Gasteiger partial charge in [0.05, 0.1) is 10.6 Å². The van der Waals surface area contributed by atoms with Gasteiger partial charge in [-0.1, -0.05) is 23.6 Å². The Balaban J connectivity index is 2.31. The lowest BCUT2D eigenvalue weighted by Crippen LogP contribution is -2.27. The zero-order valence-electron chi connectivity index (χ0n) is 13.4. The molecule has 0 aliphatic rings. The molecule has 0 amide bonds. The van der Waals surface area contributed by atoms with E-state index in [-0.39, 0.29) is 6.61 Å². The Bertz CT molecular complexity index is 834. The van der Waals surface area contributed by atoms with Crippen LogP contribution in [-0.2, 0) is 10.0 Å². The summed E-state index contributed by atoms with van der Waals surface area (Å²) in [4.78, 5) is 0.304. The summed E-state index contributed by atoms with van der Waals surface area (Å²) in [5.74, 6) is 2.98. The van der Waals surface area contributed by atoms with Crippen LogP contribution in [0.4, 0.5) is 5.69 Å². The standard InChI is InChI=1S/C18H19NO3S/c1-5-12-22-17-9-7-16(8-10-17)19(4)23(20,21)18-11-6-14(2)13-15(18)3/h1,6-11,13H,12H2,2-4H3. The summed E-state index contributed by atoms with van der Waals surface area (Å²) in [6.07, 6.45) is 5.14. The predicted octanol–water partition coefficient (Wildman–Crippen LogP) is 3.14. The second-order valence-electron chi connectivity index (χ2n) is 5.23. The minimum absolute atomic E-state index is 0.177. The molecule has 0 fully saturated rings. The van der Waals surface area contributed by atoms with Gasteiger partial charge in [-0.3, -0.25) is 4.31 Å². The van der Waals surface area contributed by atoms with Gasteiger partial charge in [-0.15, -0.1) is 6.42 Å². The van der Waals surface area contributed by atoms with Crippen molar-refractivity contribution in [3.63, 3.8) is 0 Å². The van der Waals surface area contributed by atoms with Crippen LogP contribution in [0.3, 0.4) is 0 Å². The van der Waals surface area contributed by atoms with Crippen molar-refractivity contribution in [1.82, 2.24) is 0 Å². The molecule has 0 N–H and O–H groups in total. The summed E-state index contributed by atoms with van der Waals surface area (Å²) in [5, 5.41) is 0. The predicted molar refractivity (Wildman–Crippen MR) is 92.3 cm³/mol. The van der Waals surface area contributed by atoms with Crippen LogP contribution < -0.4 is 9.04 Å². The molecule has 0 saturated carbocycles. The summed E-state index contributed by atoms with van der Waals surface area (Å²) < 4.78 is 32.1. The maximum atomic E-state index is 12.8. The van der Waals surface area contributed by atoms with Crippen molar-refractivity contribution in [2.75, 3.05) is 18.0 Å². The molecule has 0 aromatic heterocycles. The van der Waals surface area contributed by atoms with Crippen molar-refractivity contribution in [1.29, 1.82) is 0 Å². The number of hydrogen-bond acceptors (Lipinski definition) is 3. The molecule has 120 valence electrons. The molecule has 2 rings (SSSR count). The molecule has 2 aromatic carbocycles. The van der Waals surface area contributed by atoms with Crippen LogP contribution in [0, 0.1) is 26.2 Å². The van der Waals surface area contributed by atoms with Crippen molar-refractivity contribution >= 4 is 15.7 Å². The molecule has 4 nitrogen and oxygen atoms in total. The van der Waals surface area contributed by atoms with Crippen LogP contribution >= 0.6 is 0 Å². The van der Waals surface area contributed by atoms with Crippen molar-refractivity contribution in [3.8, 4) is 18.1 Å². The molecule has 0 spiro atoms. The molecule has 0 saturated heterocycles. The van der Waals surface area contributed by atoms with E-state index in [1.807, 2.05) is 13.0 Å². The first-order valence-corrected chi connectivity index (χ1v) is 8.53. The molecule has 23 heavy (non-hydrogen) atoms. The van der Waals surface area contributed by atoms with Gasteiger partial charge in [0.1, 0.15) is 12.4 Å². The van der Waals surface area contributed by atoms with E-state index in [1.165, 1.54) is 11.4 Å². The fraction of sp³-hybridized carbons (Fsp3) is 0.222. The zero-order valence-corrected chi connectivity index (χ0v) is 14.2. The number of rotatable bonds is 5. The van der Waals surface area contributed by atoms with Gasteiger partial charge in [0.2, 0.25) is 0 Å². The molecular formula is C18H19NO3S. The Morgan fingerprint density at radius 2 is 1.78 bits per heavy atom. The van der Waals surface area contributed by atoms with Crippen LogP contribution in [0.5, 0.6) is 5.75 Å². The van der Waals surface area contributed by atoms with Crippen molar-refractivity contribution in [2.45, 2.75) is 18.7 Å². The average molecular weight is 329 g/mol. The first-order valence-electron chi connectivity index (χ1n) is 7.09. The van der Waals surface area contributed by atoms with Crippen LogP contribution in [0.2, 0.25) is 0 Å². The van der Waals surface area contributed by atoms with Crippen LogP contribution in [0.15, 0.2) is 47.4 Å². The van der Waals surface area contributed by atoms with E-state index in [1.54, 1.807) is 43.3 Å². The number of hydrogen-bond donors (Lipinski definition) is 0. The third-order valence-electron chi connectivity index (χ3n) is 3.49. The van der Waals surface area contributed by atoms with E-state index in [9.17, 15) is 8.42 Å². The van der Waals surface area contributed by atoms with Gasteiger partial charge in [0.15, 0.2) is 0 Å². The molecule has 0 radical (unpaired) electrons. The Morgan fingerprint density at radius 1 is 1.13 bits per heavy atom. The highest BCUT2D eigenvalue weighted by molar-refractivity contribution is 7.92. The van der Waals surface area contributed by atoms with Crippen molar-refractivity contribution in [2.24, 2.45) is 0 Å². The molecule has 2 aromatic rings. The van der Waals surface area contributed by atoms with Gasteiger partial charge in [0.25, 0.3) is 10.0 Å². The Kier molecular flexibility index (Phi) is 4.97. The SMILES string of the molecule is C#CCOc1ccc(N(C)S(=O)(=O)c2ccc(C)cc2C)cc1. The number of anilines is 1. The second kappa shape index (κ2) is 6.76. The first kappa shape index (κ1) is 16.9. The van der Waals surface area contributed by atoms with Gasteiger partial charge in [-0.2, -0.15) is 0 Å². The molecule has 0 heterocycles. The Hall–Kier alpha value is -2.45. The topological polar surface area (TPSA) is 46.6 Å². The third kappa shape index (κ3) is 3.66. The van der Waals surface area contributed by atoms with Gasteiger partial charge in [-0.05, 0) is 49.7 Å². The molecular weight excluding hydrogens is 310 g/mol. The monoisotopic (exact) mass is 329 g/mol. The van der Waals surface area contributed by atoms with Crippen molar-refractivity contribution < 1.29 is 13.2 Å². The highest BCUT2D eigenvalue weighted by atomic mass is 32.2. The Labute approximate surface area is 137 Å². The smallest absolute Gasteiger partial charge is 0.264 e. The van der Waals surface area contributed by atoms with Gasteiger partial charge >= 0.3 is 0 Å².